The SMILES string of the molecule is CC(C)C[C@H](NCCCCNS(=O)(=O)c1ccc(Cl)cc1Cl)C(N)=O.Cl. The Kier molecular flexibility index (Phi) is 11.7. The minimum atomic E-state index is -3.68. The van der Waals surface area contributed by atoms with Crippen LogP contribution in [0.15, 0.2) is 23.1 Å². The Morgan fingerprint density at radius 3 is 2.35 bits per heavy atom. The maximum absolute atomic E-state index is 12.2. The molecule has 1 aromatic rings. The summed E-state index contributed by atoms with van der Waals surface area (Å²) in [5.74, 6) is -0.00674. The van der Waals surface area contributed by atoms with E-state index in [9.17, 15) is 13.2 Å². The predicted octanol–water partition coefficient (Wildman–Crippen LogP) is 2.96. The van der Waals surface area contributed by atoms with Gasteiger partial charge >= 0.3 is 0 Å². The Morgan fingerprint density at radius 2 is 1.81 bits per heavy atom. The van der Waals surface area contributed by atoms with Crippen LogP contribution in [-0.4, -0.2) is 33.5 Å². The van der Waals surface area contributed by atoms with E-state index in [1.165, 1.54) is 18.2 Å². The van der Waals surface area contributed by atoms with Crippen molar-refractivity contribution >= 4 is 51.5 Å². The predicted molar refractivity (Wildman–Crippen MR) is 109 cm³/mol. The molecule has 0 aromatic heterocycles. The van der Waals surface area contributed by atoms with Gasteiger partial charge in [0.05, 0.1) is 11.1 Å². The van der Waals surface area contributed by atoms with Gasteiger partial charge in [0.25, 0.3) is 0 Å². The molecule has 0 aliphatic rings. The van der Waals surface area contributed by atoms with Gasteiger partial charge in [0.2, 0.25) is 15.9 Å². The molecule has 0 bridgehead atoms. The molecule has 0 saturated carbocycles. The number of rotatable bonds is 11. The fraction of sp³-hybridized carbons (Fsp3) is 0.562. The minimum absolute atomic E-state index is 0. The zero-order chi connectivity index (χ0) is 19.0. The van der Waals surface area contributed by atoms with Crippen LogP contribution in [0.5, 0.6) is 0 Å². The highest BCUT2D eigenvalue weighted by Gasteiger charge is 2.18. The molecular weight excluding hydrogens is 421 g/mol. The van der Waals surface area contributed by atoms with Crippen molar-refractivity contribution in [2.45, 2.75) is 44.0 Å². The monoisotopic (exact) mass is 445 g/mol. The molecule has 0 heterocycles. The molecule has 0 saturated heterocycles. The second kappa shape index (κ2) is 12.0. The topological polar surface area (TPSA) is 101 Å². The molecule has 0 aliphatic carbocycles. The largest absolute Gasteiger partial charge is 0.368 e. The van der Waals surface area contributed by atoms with E-state index < -0.39 is 10.0 Å². The average Bonchev–Trinajstić information content (AvgIpc) is 2.48. The first-order chi connectivity index (χ1) is 11.6. The highest BCUT2D eigenvalue weighted by atomic mass is 35.5. The van der Waals surface area contributed by atoms with Gasteiger partial charge in [-0.05, 0) is 49.9 Å². The van der Waals surface area contributed by atoms with Crippen LogP contribution >= 0.6 is 35.6 Å². The van der Waals surface area contributed by atoms with Crippen LogP contribution in [0.1, 0.15) is 33.1 Å². The van der Waals surface area contributed by atoms with Crippen molar-refractivity contribution < 1.29 is 13.2 Å². The van der Waals surface area contributed by atoms with Crippen LogP contribution in [0.3, 0.4) is 0 Å². The molecule has 0 unspecified atom stereocenters. The van der Waals surface area contributed by atoms with Gasteiger partial charge in [-0.2, -0.15) is 0 Å². The van der Waals surface area contributed by atoms with Crippen molar-refractivity contribution in [3.8, 4) is 0 Å². The van der Waals surface area contributed by atoms with Crippen molar-refractivity contribution in [2.75, 3.05) is 13.1 Å². The summed E-state index contributed by atoms with van der Waals surface area (Å²) in [5.41, 5.74) is 5.36. The van der Waals surface area contributed by atoms with Gasteiger partial charge in [0.15, 0.2) is 0 Å². The number of primary amides is 1. The number of carbonyl (C=O) groups is 1. The second-order valence-electron chi connectivity index (χ2n) is 6.22. The van der Waals surface area contributed by atoms with Crippen LogP contribution in [-0.2, 0) is 14.8 Å². The molecule has 1 atom stereocenters. The van der Waals surface area contributed by atoms with Crippen molar-refractivity contribution in [2.24, 2.45) is 11.7 Å². The summed E-state index contributed by atoms with van der Waals surface area (Å²) in [6.07, 6.45) is 2.00. The van der Waals surface area contributed by atoms with Gasteiger partial charge in [-0.15, -0.1) is 12.4 Å². The lowest BCUT2D eigenvalue weighted by molar-refractivity contribution is -0.120. The number of hydrogen-bond donors (Lipinski definition) is 3. The summed E-state index contributed by atoms with van der Waals surface area (Å²) in [7, 11) is -3.68. The molecule has 26 heavy (non-hydrogen) atoms. The highest BCUT2D eigenvalue weighted by molar-refractivity contribution is 7.89. The zero-order valence-corrected chi connectivity index (χ0v) is 17.9. The molecule has 1 aromatic carbocycles. The summed E-state index contributed by atoms with van der Waals surface area (Å²) in [4.78, 5) is 11.3. The normalized spacial score (nSPS) is 12.7. The molecule has 1 rings (SSSR count). The van der Waals surface area contributed by atoms with E-state index in [0.29, 0.717) is 36.7 Å². The average molecular weight is 447 g/mol. The second-order valence-corrected chi connectivity index (χ2v) is 8.80. The summed E-state index contributed by atoms with van der Waals surface area (Å²) in [6, 6.07) is 3.88. The first-order valence-corrected chi connectivity index (χ1v) is 10.3. The third kappa shape index (κ3) is 8.88. The fourth-order valence-electron chi connectivity index (χ4n) is 2.28. The summed E-state index contributed by atoms with van der Waals surface area (Å²) >= 11 is 11.7. The number of sulfonamides is 1. The molecule has 0 radical (unpaired) electrons. The number of unbranched alkanes of at least 4 members (excludes halogenated alkanes) is 1. The van der Waals surface area contributed by atoms with Crippen molar-refractivity contribution in [3.63, 3.8) is 0 Å². The third-order valence-corrected chi connectivity index (χ3v) is 5.70. The van der Waals surface area contributed by atoms with Crippen LogP contribution in [0, 0.1) is 5.92 Å². The maximum atomic E-state index is 12.2. The van der Waals surface area contributed by atoms with Crippen LogP contribution in [0.2, 0.25) is 10.0 Å². The van der Waals surface area contributed by atoms with Gasteiger partial charge in [0.1, 0.15) is 4.90 Å². The molecule has 0 spiro atoms. The molecule has 6 nitrogen and oxygen atoms in total. The Bertz CT molecular complexity index is 685. The number of nitrogens with one attached hydrogen (secondary N) is 2. The Balaban J connectivity index is 0.00000625. The van der Waals surface area contributed by atoms with Crippen molar-refractivity contribution in [1.29, 1.82) is 0 Å². The quantitative estimate of drug-likeness (QED) is 0.455. The summed E-state index contributed by atoms with van der Waals surface area (Å²) in [6.45, 7) is 4.90. The van der Waals surface area contributed by atoms with E-state index in [1.807, 2.05) is 13.8 Å². The molecular formula is C16H26Cl3N3O3S. The van der Waals surface area contributed by atoms with Crippen LogP contribution in [0.25, 0.3) is 0 Å². The summed E-state index contributed by atoms with van der Waals surface area (Å²) < 4.78 is 26.9. The fourth-order valence-corrected chi connectivity index (χ4v) is 4.12. The van der Waals surface area contributed by atoms with E-state index in [2.05, 4.69) is 10.0 Å². The van der Waals surface area contributed by atoms with Gasteiger partial charge in [0, 0.05) is 11.6 Å². The Labute approximate surface area is 171 Å². The van der Waals surface area contributed by atoms with Gasteiger partial charge in [-0.3, -0.25) is 4.79 Å². The minimum Gasteiger partial charge on any atom is -0.368 e. The molecule has 150 valence electrons. The number of nitrogens with two attached hydrogens (primary N) is 1. The number of halogens is 3. The van der Waals surface area contributed by atoms with Gasteiger partial charge < -0.3 is 11.1 Å². The first-order valence-electron chi connectivity index (χ1n) is 8.11. The number of amides is 1. The molecule has 10 heteroatoms. The number of hydrogen-bond acceptors (Lipinski definition) is 4. The molecule has 4 N–H and O–H groups in total. The van der Waals surface area contributed by atoms with E-state index >= 15 is 0 Å². The zero-order valence-electron chi connectivity index (χ0n) is 14.8. The lowest BCUT2D eigenvalue weighted by Crippen LogP contribution is -2.42. The lowest BCUT2D eigenvalue weighted by Gasteiger charge is -2.17. The molecule has 0 fully saturated rings. The molecule has 1 amide bonds. The van der Waals surface area contributed by atoms with E-state index in [0.717, 1.165) is 0 Å². The Morgan fingerprint density at radius 1 is 1.19 bits per heavy atom. The van der Waals surface area contributed by atoms with Crippen molar-refractivity contribution in [3.05, 3.63) is 28.2 Å². The standard InChI is InChI=1S/C16H25Cl2N3O3S.ClH/c1-11(2)9-14(16(19)22)20-7-3-4-8-21-25(23,24)15-6-5-12(17)10-13(15)18;/h5-6,10-11,14,20-21H,3-4,7-9H2,1-2H3,(H2,19,22);1H/t14-;/m0./s1. The highest BCUT2D eigenvalue weighted by Crippen LogP contribution is 2.24. The Hall–Kier alpha value is -0.570. The third-order valence-electron chi connectivity index (χ3n) is 3.52. The van der Waals surface area contributed by atoms with Crippen LogP contribution < -0.4 is 15.8 Å². The summed E-state index contributed by atoms with van der Waals surface area (Å²) in [5, 5.41) is 3.57. The lowest BCUT2D eigenvalue weighted by atomic mass is 10.0. The molecule has 0 aliphatic heterocycles. The smallest absolute Gasteiger partial charge is 0.242 e. The van der Waals surface area contributed by atoms with Gasteiger partial charge in [-0.25, -0.2) is 13.1 Å². The van der Waals surface area contributed by atoms with E-state index in [1.54, 1.807) is 0 Å². The maximum Gasteiger partial charge on any atom is 0.242 e. The van der Waals surface area contributed by atoms with E-state index in [4.69, 9.17) is 28.9 Å². The van der Waals surface area contributed by atoms with Gasteiger partial charge in [-0.1, -0.05) is 37.0 Å². The number of benzene rings is 1. The first kappa shape index (κ1) is 25.4. The van der Waals surface area contributed by atoms with Crippen molar-refractivity contribution in [1.82, 2.24) is 10.0 Å². The van der Waals surface area contributed by atoms with Crippen LogP contribution in [0.4, 0.5) is 0 Å². The number of carbonyl (C=O) groups excluding carboxylic acids is 1. The van der Waals surface area contributed by atoms with E-state index in [-0.39, 0.29) is 40.8 Å².